The summed E-state index contributed by atoms with van der Waals surface area (Å²) in [6.45, 7) is 6.61. The lowest BCUT2D eigenvalue weighted by Gasteiger charge is -2.43. The van der Waals surface area contributed by atoms with Gasteiger partial charge in [0.2, 0.25) is 0 Å². The molecule has 2 atom stereocenters. The fourth-order valence-corrected chi connectivity index (χ4v) is 3.17. The van der Waals surface area contributed by atoms with Gasteiger partial charge in [0.15, 0.2) is 0 Å². The van der Waals surface area contributed by atoms with E-state index in [0.717, 1.165) is 19.3 Å². The van der Waals surface area contributed by atoms with E-state index in [0.29, 0.717) is 5.92 Å². The van der Waals surface area contributed by atoms with E-state index in [1.54, 1.807) is 0 Å². The summed E-state index contributed by atoms with van der Waals surface area (Å²) in [5.74, 6) is 0.163. The van der Waals surface area contributed by atoms with Gasteiger partial charge in [0.25, 0.3) is 11.8 Å². The lowest BCUT2D eigenvalue weighted by molar-refractivity contribution is -0.143. The van der Waals surface area contributed by atoms with Crippen LogP contribution in [0, 0.1) is 11.3 Å². The smallest absolute Gasteiger partial charge is 0.253 e. The predicted octanol–water partition coefficient (Wildman–Crippen LogP) is 2.52. The van der Waals surface area contributed by atoms with Crippen molar-refractivity contribution in [3.8, 4) is 0 Å². The van der Waals surface area contributed by atoms with Gasteiger partial charge in [-0.05, 0) is 24.2 Å². The van der Waals surface area contributed by atoms with E-state index >= 15 is 0 Å². The molecule has 0 N–H and O–H groups in total. The van der Waals surface area contributed by atoms with Crippen molar-refractivity contribution < 1.29 is 9.59 Å². The van der Waals surface area contributed by atoms with Crippen LogP contribution in [0.3, 0.4) is 0 Å². The van der Waals surface area contributed by atoms with Gasteiger partial charge in [0, 0.05) is 18.2 Å². The molecule has 94 valence electrons. The minimum atomic E-state index is -0.129. The first-order valence-electron chi connectivity index (χ1n) is 6.46. The van der Waals surface area contributed by atoms with Crippen LogP contribution >= 0.6 is 0 Å². The molecule has 3 heteroatoms. The molecular weight excluding hydrogens is 214 g/mol. The summed E-state index contributed by atoms with van der Waals surface area (Å²) < 4.78 is 0. The zero-order valence-electron chi connectivity index (χ0n) is 10.9. The molecule has 2 amide bonds. The van der Waals surface area contributed by atoms with Gasteiger partial charge in [-0.1, -0.05) is 33.6 Å². The van der Waals surface area contributed by atoms with Crippen molar-refractivity contribution in [3.05, 3.63) is 12.2 Å². The molecule has 0 aromatic carbocycles. The molecular formula is C14H21NO2. The van der Waals surface area contributed by atoms with Gasteiger partial charge in [-0.3, -0.25) is 14.5 Å². The van der Waals surface area contributed by atoms with Crippen molar-refractivity contribution >= 4 is 11.8 Å². The maximum Gasteiger partial charge on any atom is 0.253 e. The molecule has 0 aromatic rings. The van der Waals surface area contributed by atoms with E-state index in [1.165, 1.54) is 23.5 Å². The van der Waals surface area contributed by atoms with Crippen molar-refractivity contribution in [2.24, 2.45) is 11.3 Å². The molecule has 1 aliphatic heterocycles. The highest BCUT2D eigenvalue weighted by Crippen LogP contribution is 2.41. The first kappa shape index (κ1) is 12.3. The van der Waals surface area contributed by atoms with Crippen LogP contribution in [0.4, 0.5) is 0 Å². The van der Waals surface area contributed by atoms with E-state index in [9.17, 15) is 9.59 Å². The monoisotopic (exact) mass is 235 g/mol. The Morgan fingerprint density at radius 2 is 1.59 bits per heavy atom. The Bertz CT molecular complexity index is 347. The van der Waals surface area contributed by atoms with E-state index in [2.05, 4.69) is 20.8 Å². The number of rotatable bonds is 1. The van der Waals surface area contributed by atoms with E-state index in [1.807, 2.05) is 0 Å². The Morgan fingerprint density at radius 1 is 1.06 bits per heavy atom. The van der Waals surface area contributed by atoms with Gasteiger partial charge in [-0.2, -0.15) is 0 Å². The van der Waals surface area contributed by atoms with E-state index in [-0.39, 0.29) is 23.3 Å². The Morgan fingerprint density at radius 3 is 2.12 bits per heavy atom. The highest BCUT2D eigenvalue weighted by molar-refractivity contribution is 6.13. The Labute approximate surface area is 103 Å². The van der Waals surface area contributed by atoms with Crippen LogP contribution in [0.25, 0.3) is 0 Å². The van der Waals surface area contributed by atoms with Crippen molar-refractivity contribution in [3.63, 3.8) is 0 Å². The molecule has 2 rings (SSSR count). The fraction of sp³-hybridized carbons (Fsp3) is 0.714. The Balaban J connectivity index is 2.23. The second-order valence-corrected chi connectivity index (χ2v) is 6.20. The Kier molecular flexibility index (Phi) is 3.11. The van der Waals surface area contributed by atoms with Gasteiger partial charge in [0.1, 0.15) is 0 Å². The molecule has 0 saturated heterocycles. The molecule has 17 heavy (non-hydrogen) atoms. The van der Waals surface area contributed by atoms with Gasteiger partial charge in [-0.25, -0.2) is 0 Å². The molecule has 1 heterocycles. The van der Waals surface area contributed by atoms with Gasteiger partial charge in [0.05, 0.1) is 0 Å². The molecule has 1 saturated carbocycles. The van der Waals surface area contributed by atoms with Gasteiger partial charge in [-0.15, -0.1) is 0 Å². The van der Waals surface area contributed by atoms with Crippen LogP contribution in [0.1, 0.15) is 46.5 Å². The number of nitrogens with zero attached hydrogens (tertiary/aromatic N) is 1. The lowest BCUT2D eigenvalue weighted by atomic mass is 9.69. The van der Waals surface area contributed by atoms with Crippen molar-refractivity contribution in [2.45, 2.75) is 52.5 Å². The van der Waals surface area contributed by atoms with E-state index in [4.69, 9.17) is 0 Å². The number of hydrogen-bond donors (Lipinski definition) is 0. The number of amides is 2. The predicted molar refractivity (Wildman–Crippen MR) is 66.2 cm³/mol. The first-order chi connectivity index (χ1) is 7.91. The fourth-order valence-electron chi connectivity index (χ4n) is 3.17. The third kappa shape index (κ3) is 2.28. The molecule has 3 nitrogen and oxygen atoms in total. The number of carbonyl (C=O) groups is 2. The molecule has 0 radical (unpaired) electrons. The number of carbonyl (C=O) groups excluding carboxylic acids is 2. The zero-order valence-corrected chi connectivity index (χ0v) is 10.9. The summed E-state index contributed by atoms with van der Waals surface area (Å²) in [6, 6.07) is 0.0961. The highest BCUT2D eigenvalue weighted by Gasteiger charge is 2.41. The average Bonchev–Trinajstić information content (AvgIpc) is 2.57. The van der Waals surface area contributed by atoms with Crippen LogP contribution in [0.2, 0.25) is 0 Å². The van der Waals surface area contributed by atoms with Gasteiger partial charge < -0.3 is 0 Å². The lowest BCUT2D eigenvalue weighted by Crippen LogP contribution is -2.49. The second-order valence-electron chi connectivity index (χ2n) is 6.20. The van der Waals surface area contributed by atoms with Crippen LogP contribution in [0.5, 0.6) is 0 Å². The molecule has 0 spiro atoms. The van der Waals surface area contributed by atoms with Crippen LogP contribution in [-0.4, -0.2) is 22.8 Å². The third-order valence-electron chi connectivity index (χ3n) is 4.02. The quantitative estimate of drug-likeness (QED) is 0.655. The van der Waals surface area contributed by atoms with Crippen molar-refractivity contribution in [1.82, 2.24) is 4.90 Å². The summed E-state index contributed by atoms with van der Waals surface area (Å²) in [5, 5.41) is 0. The normalized spacial score (nSPS) is 30.2. The van der Waals surface area contributed by atoms with Crippen LogP contribution < -0.4 is 0 Å². The largest absolute Gasteiger partial charge is 0.272 e. The Hall–Kier alpha value is -1.12. The molecule has 1 aliphatic carbocycles. The standard InChI is InChI=1S/C14H21NO2/c1-14(2,3)10-6-4-5-7-11(10)15-12(16)8-9-13(15)17/h8-11H,4-7H2,1-3H3. The molecule has 2 aliphatic rings. The zero-order chi connectivity index (χ0) is 12.6. The minimum Gasteiger partial charge on any atom is -0.272 e. The van der Waals surface area contributed by atoms with Crippen molar-refractivity contribution in [2.75, 3.05) is 0 Å². The molecule has 2 unspecified atom stereocenters. The highest BCUT2D eigenvalue weighted by atomic mass is 16.2. The third-order valence-corrected chi connectivity index (χ3v) is 4.02. The topological polar surface area (TPSA) is 37.4 Å². The van der Waals surface area contributed by atoms with Crippen LogP contribution in [0.15, 0.2) is 12.2 Å². The molecule has 0 bridgehead atoms. The summed E-state index contributed by atoms with van der Waals surface area (Å²) in [4.78, 5) is 25.0. The number of hydrogen-bond acceptors (Lipinski definition) is 2. The van der Waals surface area contributed by atoms with Crippen molar-refractivity contribution in [1.29, 1.82) is 0 Å². The first-order valence-corrected chi connectivity index (χ1v) is 6.46. The maximum atomic E-state index is 11.8. The minimum absolute atomic E-state index is 0.0961. The summed E-state index contributed by atoms with van der Waals surface area (Å²) in [5.41, 5.74) is 0.147. The molecule has 0 aromatic heterocycles. The maximum absolute atomic E-state index is 11.8. The molecule has 1 fully saturated rings. The average molecular weight is 235 g/mol. The SMILES string of the molecule is CC(C)(C)C1CCCCC1N1C(=O)C=CC1=O. The van der Waals surface area contributed by atoms with Gasteiger partial charge >= 0.3 is 0 Å². The van der Waals surface area contributed by atoms with Crippen LogP contribution in [-0.2, 0) is 9.59 Å². The second kappa shape index (κ2) is 4.28. The van der Waals surface area contributed by atoms with E-state index < -0.39 is 0 Å². The summed E-state index contributed by atoms with van der Waals surface area (Å²) in [6.07, 6.45) is 7.20. The summed E-state index contributed by atoms with van der Waals surface area (Å²) >= 11 is 0. The number of imide groups is 1. The summed E-state index contributed by atoms with van der Waals surface area (Å²) in [7, 11) is 0.